The van der Waals surface area contributed by atoms with Crippen molar-refractivity contribution >= 4 is 18.3 Å². The zero-order valence-corrected chi connectivity index (χ0v) is 15.4. The van der Waals surface area contributed by atoms with Gasteiger partial charge in [0, 0.05) is 18.5 Å². The second-order valence-electron chi connectivity index (χ2n) is 6.55. The summed E-state index contributed by atoms with van der Waals surface area (Å²) in [5.74, 6) is -0.125. The molecule has 0 heterocycles. The molecule has 0 aliphatic heterocycles. The van der Waals surface area contributed by atoms with Crippen LogP contribution in [0, 0.1) is 5.92 Å². The predicted molar refractivity (Wildman–Crippen MR) is 94.4 cm³/mol. The topological polar surface area (TPSA) is 46.3 Å². The van der Waals surface area contributed by atoms with E-state index in [-0.39, 0.29) is 30.3 Å². The van der Waals surface area contributed by atoms with Gasteiger partial charge in [-0.25, -0.2) is 0 Å². The van der Waals surface area contributed by atoms with E-state index in [9.17, 15) is 18.0 Å². The van der Waals surface area contributed by atoms with Crippen molar-refractivity contribution in [1.82, 2.24) is 4.90 Å². The average molecular weight is 379 g/mol. The second-order valence-corrected chi connectivity index (χ2v) is 6.55. The lowest BCUT2D eigenvalue weighted by molar-refractivity contribution is -0.138. The van der Waals surface area contributed by atoms with Crippen molar-refractivity contribution in [1.29, 1.82) is 0 Å². The van der Waals surface area contributed by atoms with E-state index < -0.39 is 17.8 Å². The van der Waals surface area contributed by atoms with Crippen LogP contribution in [0.4, 0.5) is 13.2 Å². The lowest BCUT2D eigenvalue weighted by Crippen LogP contribution is -2.41. The van der Waals surface area contributed by atoms with Crippen LogP contribution < -0.4 is 5.73 Å². The van der Waals surface area contributed by atoms with E-state index in [1.54, 1.807) is 17.9 Å². The Kier molecular flexibility index (Phi) is 7.75. The first-order chi connectivity index (χ1) is 11.2. The highest BCUT2D eigenvalue weighted by Crippen LogP contribution is 2.33. The molecule has 1 aromatic carbocycles. The Morgan fingerprint density at radius 3 is 2.60 bits per heavy atom. The third-order valence-electron chi connectivity index (χ3n) is 4.85. The number of amides is 1. The molecule has 2 N–H and O–H groups in total. The summed E-state index contributed by atoms with van der Waals surface area (Å²) in [7, 11) is 0. The number of hydrogen-bond donors (Lipinski definition) is 1. The maximum atomic E-state index is 12.9. The molecule has 0 bridgehead atoms. The highest BCUT2D eigenvalue weighted by Gasteiger charge is 2.33. The van der Waals surface area contributed by atoms with Crippen LogP contribution in [-0.4, -0.2) is 23.4 Å². The van der Waals surface area contributed by atoms with Crippen molar-refractivity contribution in [3.63, 3.8) is 0 Å². The average Bonchev–Trinajstić information content (AvgIpc) is 2.54. The molecule has 142 valence electrons. The van der Waals surface area contributed by atoms with Crippen molar-refractivity contribution in [2.24, 2.45) is 11.7 Å². The van der Waals surface area contributed by atoms with Gasteiger partial charge in [-0.05, 0) is 50.8 Å². The third kappa shape index (κ3) is 5.35. The van der Waals surface area contributed by atoms with Gasteiger partial charge in [-0.3, -0.25) is 4.79 Å². The summed E-state index contributed by atoms with van der Waals surface area (Å²) >= 11 is 0. The molecule has 2 rings (SSSR count). The molecule has 0 aromatic heterocycles. The minimum absolute atomic E-state index is 0. The highest BCUT2D eigenvalue weighted by molar-refractivity contribution is 5.85. The van der Waals surface area contributed by atoms with Gasteiger partial charge in [0.15, 0.2) is 0 Å². The van der Waals surface area contributed by atoms with Gasteiger partial charge in [-0.2, -0.15) is 13.2 Å². The van der Waals surface area contributed by atoms with Crippen molar-refractivity contribution in [2.45, 2.75) is 57.8 Å². The van der Waals surface area contributed by atoms with Gasteiger partial charge in [0.05, 0.1) is 11.6 Å². The lowest BCUT2D eigenvalue weighted by Gasteiger charge is -2.34. The normalized spacial score (nSPS) is 22.0. The number of carbonyl (C=O) groups excluding carboxylic acids is 1. The van der Waals surface area contributed by atoms with Crippen LogP contribution in [-0.2, 0) is 11.0 Å². The fourth-order valence-electron chi connectivity index (χ4n) is 3.46. The summed E-state index contributed by atoms with van der Waals surface area (Å²) in [6.07, 6.45) is -1.07. The summed E-state index contributed by atoms with van der Waals surface area (Å²) in [4.78, 5) is 14.5. The van der Waals surface area contributed by atoms with E-state index in [1.807, 2.05) is 6.92 Å². The van der Waals surface area contributed by atoms with Crippen LogP contribution in [0.25, 0.3) is 0 Å². The number of halogens is 4. The molecular weight excluding hydrogens is 353 g/mol. The molecule has 1 amide bonds. The van der Waals surface area contributed by atoms with Crippen LogP contribution in [0.3, 0.4) is 0 Å². The van der Waals surface area contributed by atoms with E-state index in [1.165, 1.54) is 6.07 Å². The molecular formula is C18H26ClF3N2O. The van der Waals surface area contributed by atoms with Gasteiger partial charge < -0.3 is 10.6 Å². The van der Waals surface area contributed by atoms with Crippen LogP contribution in [0.1, 0.15) is 56.7 Å². The molecule has 3 unspecified atom stereocenters. The van der Waals surface area contributed by atoms with Crippen molar-refractivity contribution in [3.05, 3.63) is 35.4 Å². The largest absolute Gasteiger partial charge is 0.416 e. The molecule has 1 aromatic rings. The van der Waals surface area contributed by atoms with Gasteiger partial charge in [0.2, 0.25) is 5.91 Å². The van der Waals surface area contributed by atoms with Crippen molar-refractivity contribution in [3.8, 4) is 0 Å². The Labute approximate surface area is 153 Å². The maximum Gasteiger partial charge on any atom is 0.416 e. The van der Waals surface area contributed by atoms with Gasteiger partial charge >= 0.3 is 6.18 Å². The molecule has 7 heteroatoms. The first-order valence-electron chi connectivity index (χ1n) is 8.47. The number of rotatable bonds is 4. The summed E-state index contributed by atoms with van der Waals surface area (Å²) in [5, 5.41) is 0. The van der Waals surface area contributed by atoms with E-state index in [0.29, 0.717) is 18.5 Å². The minimum Gasteiger partial charge on any atom is -0.336 e. The molecule has 0 radical (unpaired) electrons. The Hall–Kier alpha value is -1.27. The lowest BCUT2D eigenvalue weighted by atomic mass is 9.85. The van der Waals surface area contributed by atoms with E-state index in [2.05, 4.69) is 0 Å². The zero-order chi connectivity index (χ0) is 17.9. The van der Waals surface area contributed by atoms with E-state index in [4.69, 9.17) is 5.73 Å². The molecule has 3 atom stereocenters. The van der Waals surface area contributed by atoms with Gasteiger partial charge in [-0.1, -0.05) is 18.6 Å². The van der Waals surface area contributed by atoms with E-state index in [0.717, 1.165) is 31.4 Å². The molecule has 1 aliphatic carbocycles. The fourth-order valence-corrected chi connectivity index (χ4v) is 3.46. The number of benzene rings is 1. The van der Waals surface area contributed by atoms with Crippen LogP contribution >= 0.6 is 12.4 Å². The first-order valence-corrected chi connectivity index (χ1v) is 8.47. The molecule has 25 heavy (non-hydrogen) atoms. The Bertz CT molecular complexity index is 580. The fraction of sp³-hybridized carbons (Fsp3) is 0.611. The number of carbonyl (C=O) groups is 1. The first kappa shape index (κ1) is 21.8. The van der Waals surface area contributed by atoms with Crippen molar-refractivity contribution < 1.29 is 18.0 Å². The molecule has 1 saturated carbocycles. The SMILES string of the molecule is CCN(C(=O)C1CCCC(N)C1)C(C)c1cccc(C(F)(F)F)c1.Cl. The smallest absolute Gasteiger partial charge is 0.336 e. The predicted octanol–water partition coefficient (Wildman–Crippen LogP) is 4.55. The third-order valence-corrected chi connectivity index (χ3v) is 4.85. The van der Waals surface area contributed by atoms with Gasteiger partial charge in [0.25, 0.3) is 0 Å². The Morgan fingerprint density at radius 2 is 2.04 bits per heavy atom. The number of alkyl halides is 3. The van der Waals surface area contributed by atoms with E-state index >= 15 is 0 Å². The molecule has 0 saturated heterocycles. The van der Waals surface area contributed by atoms with Crippen LogP contribution in [0.15, 0.2) is 24.3 Å². The zero-order valence-electron chi connectivity index (χ0n) is 14.6. The summed E-state index contributed by atoms with van der Waals surface area (Å²) in [5.41, 5.74) is 5.78. The summed E-state index contributed by atoms with van der Waals surface area (Å²) in [6, 6.07) is 4.85. The van der Waals surface area contributed by atoms with Crippen LogP contribution in [0.2, 0.25) is 0 Å². The maximum absolute atomic E-state index is 12.9. The number of hydrogen-bond acceptors (Lipinski definition) is 2. The molecule has 3 nitrogen and oxygen atoms in total. The molecule has 1 fully saturated rings. The van der Waals surface area contributed by atoms with Crippen LogP contribution in [0.5, 0.6) is 0 Å². The second kappa shape index (κ2) is 8.90. The van der Waals surface area contributed by atoms with Gasteiger partial charge in [-0.15, -0.1) is 12.4 Å². The minimum atomic E-state index is -4.38. The Morgan fingerprint density at radius 1 is 1.36 bits per heavy atom. The summed E-state index contributed by atoms with van der Waals surface area (Å²) in [6.45, 7) is 4.09. The monoisotopic (exact) mass is 378 g/mol. The van der Waals surface area contributed by atoms with Gasteiger partial charge in [0.1, 0.15) is 0 Å². The standard InChI is InChI=1S/C18H25F3N2O.ClH/c1-3-23(17(24)14-7-5-9-16(22)11-14)12(2)13-6-4-8-15(10-13)18(19,20)21;/h4,6,8,10,12,14,16H,3,5,7,9,11,22H2,1-2H3;1H. The highest BCUT2D eigenvalue weighted by atomic mass is 35.5. The quantitative estimate of drug-likeness (QED) is 0.835. The number of nitrogens with zero attached hydrogens (tertiary/aromatic N) is 1. The Balaban J connectivity index is 0.00000312. The number of nitrogens with two attached hydrogens (primary N) is 1. The molecule has 0 spiro atoms. The van der Waals surface area contributed by atoms with Crippen molar-refractivity contribution in [2.75, 3.05) is 6.54 Å². The molecule has 1 aliphatic rings. The summed E-state index contributed by atoms with van der Waals surface area (Å²) < 4.78 is 38.7.